The predicted octanol–water partition coefficient (Wildman–Crippen LogP) is 1.56. The largest absolute Gasteiger partial charge is 0.385 e. The average molecular weight is 296 g/mol. The molecule has 1 aliphatic heterocycles. The molecule has 2 unspecified atom stereocenters. The first kappa shape index (κ1) is 16.3. The molecule has 1 N–H and O–H groups in total. The van der Waals surface area contributed by atoms with E-state index in [1.54, 1.807) is 7.11 Å². The minimum absolute atomic E-state index is 0.00532. The molecule has 1 aliphatic carbocycles. The molecule has 1 saturated heterocycles. The summed E-state index contributed by atoms with van der Waals surface area (Å²) in [4.78, 5) is 27.1. The second-order valence-corrected chi connectivity index (χ2v) is 7.32. The van der Waals surface area contributed by atoms with Gasteiger partial charge < -0.3 is 15.0 Å². The monoisotopic (exact) mass is 296 g/mol. The minimum atomic E-state index is -0.373. The molecular formula is C16H28N2O3. The average Bonchev–Trinajstić information content (AvgIpc) is 3.20. The number of piperazine rings is 1. The summed E-state index contributed by atoms with van der Waals surface area (Å²) in [5.74, 6) is 0.462. The molecule has 5 nitrogen and oxygen atoms in total. The van der Waals surface area contributed by atoms with E-state index < -0.39 is 0 Å². The van der Waals surface area contributed by atoms with Gasteiger partial charge in [-0.15, -0.1) is 0 Å². The molecule has 1 heterocycles. The summed E-state index contributed by atoms with van der Waals surface area (Å²) in [6.07, 6.45) is 3.88. The van der Waals surface area contributed by atoms with E-state index in [2.05, 4.69) is 5.32 Å². The molecular weight excluding hydrogens is 268 g/mol. The first-order valence-electron chi connectivity index (χ1n) is 7.96. The SMILES string of the molecule is COCCCCN1C(=O)C(C2CC2)NC(=O)C1C(C)(C)C. The van der Waals surface area contributed by atoms with Gasteiger partial charge in [0.1, 0.15) is 12.1 Å². The summed E-state index contributed by atoms with van der Waals surface area (Å²) in [6.45, 7) is 7.39. The van der Waals surface area contributed by atoms with E-state index in [4.69, 9.17) is 4.74 Å². The third kappa shape index (κ3) is 3.76. The summed E-state index contributed by atoms with van der Waals surface area (Å²) in [7, 11) is 1.68. The third-order valence-electron chi connectivity index (χ3n) is 4.32. The van der Waals surface area contributed by atoms with Crippen molar-refractivity contribution in [2.75, 3.05) is 20.3 Å². The minimum Gasteiger partial charge on any atom is -0.385 e. The maximum atomic E-state index is 12.8. The molecule has 0 radical (unpaired) electrons. The number of ether oxygens (including phenoxy) is 1. The van der Waals surface area contributed by atoms with E-state index in [1.807, 2.05) is 25.7 Å². The predicted molar refractivity (Wildman–Crippen MR) is 80.7 cm³/mol. The number of unbranched alkanes of at least 4 members (excludes halogenated alkanes) is 1. The lowest BCUT2D eigenvalue weighted by Gasteiger charge is -2.45. The molecule has 0 aromatic carbocycles. The van der Waals surface area contributed by atoms with Crippen molar-refractivity contribution in [3.8, 4) is 0 Å². The Morgan fingerprint density at radius 3 is 2.43 bits per heavy atom. The summed E-state index contributed by atoms with van der Waals surface area (Å²) in [5, 5.41) is 2.96. The number of methoxy groups -OCH3 is 1. The van der Waals surface area contributed by atoms with Gasteiger partial charge in [-0.25, -0.2) is 0 Å². The zero-order chi connectivity index (χ0) is 15.6. The van der Waals surface area contributed by atoms with Crippen LogP contribution in [0.25, 0.3) is 0 Å². The van der Waals surface area contributed by atoms with Gasteiger partial charge in [0, 0.05) is 20.3 Å². The Morgan fingerprint density at radius 1 is 1.24 bits per heavy atom. The Balaban J connectivity index is 2.10. The highest BCUT2D eigenvalue weighted by Crippen LogP contribution is 2.37. The van der Waals surface area contributed by atoms with Gasteiger partial charge in [-0.1, -0.05) is 20.8 Å². The molecule has 1 saturated carbocycles. The summed E-state index contributed by atoms with van der Waals surface area (Å²) in [6, 6.07) is -0.666. The van der Waals surface area contributed by atoms with Gasteiger partial charge in [-0.05, 0) is 37.0 Å². The Bertz CT molecular complexity index is 399. The Labute approximate surface area is 127 Å². The lowest BCUT2D eigenvalue weighted by molar-refractivity contribution is -0.154. The number of rotatable bonds is 6. The normalized spacial score (nSPS) is 27.0. The van der Waals surface area contributed by atoms with E-state index in [1.165, 1.54) is 0 Å². The van der Waals surface area contributed by atoms with E-state index in [-0.39, 0.29) is 29.3 Å². The van der Waals surface area contributed by atoms with Crippen LogP contribution in [-0.2, 0) is 14.3 Å². The van der Waals surface area contributed by atoms with Crippen LogP contribution in [0.1, 0.15) is 46.5 Å². The fourth-order valence-electron chi connectivity index (χ4n) is 3.12. The molecule has 2 atom stereocenters. The molecule has 21 heavy (non-hydrogen) atoms. The number of amides is 2. The van der Waals surface area contributed by atoms with Gasteiger partial charge in [0.25, 0.3) is 0 Å². The lowest BCUT2D eigenvalue weighted by atomic mass is 9.82. The molecule has 120 valence electrons. The van der Waals surface area contributed by atoms with Crippen LogP contribution in [0.5, 0.6) is 0 Å². The number of carbonyl (C=O) groups excluding carboxylic acids is 2. The van der Waals surface area contributed by atoms with Crippen molar-refractivity contribution < 1.29 is 14.3 Å². The van der Waals surface area contributed by atoms with Crippen molar-refractivity contribution in [3.63, 3.8) is 0 Å². The van der Waals surface area contributed by atoms with Crippen molar-refractivity contribution in [1.29, 1.82) is 0 Å². The van der Waals surface area contributed by atoms with Crippen molar-refractivity contribution in [2.45, 2.75) is 58.5 Å². The van der Waals surface area contributed by atoms with Crippen molar-refractivity contribution in [1.82, 2.24) is 10.2 Å². The quantitative estimate of drug-likeness (QED) is 0.757. The molecule has 0 aromatic heterocycles. The van der Waals surface area contributed by atoms with Gasteiger partial charge in [0.2, 0.25) is 11.8 Å². The van der Waals surface area contributed by atoms with Crippen LogP contribution in [-0.4, -0.2) is 49.1 Å². The smallest absolute Gasteiger partial charge is 0.246 e. The molecule has 0 aromatic rings. The summed E-state index contributed by atoms with van der Waals surface area (Å²) in [5.41, 5.74) is -0.254. The molecule has 5 heteroatoms. The summed E-state index contributed by atoms with van der Waals surface area (Å²) < 4.78 is 5.06. The Hall–Kier alpha value is -1.10. The molecule has 0 spiro atoms. The van der Waals surface area contributed by atoms with E-state index in [0.717, 1.165) is 25.7 Å². The first-order chi connectivity index (χ1) is 9.86. The number of nitrogens with one attached hydrogen (secondary N) is 1. The second-order valence-electron chi connectivity index (χ2n) is 7.32. The van der Waals surface area contributed by atoms with Gasteiger partial charge in [0.15, 0.2) is 0 Å². The first-order valence-corrected chi connectivity index (χ1v) is 7.96. The number of carbonyl (C=O) groups is 2. The summed E-state index contributed by atoms with van der Waals surface area (Å²) >= 11 is 0. The maximum absolute atomic E-state index is 12.8. The van der Waals surface area contributed by atoms with E-state index in [0.29, 0.717) is 19.1 Å². The zero-order valence-electron chi connectivity index (χ0n) is 13.6. The van der Waals surface area contributed by atoms with Crippen molar-refractivity contribution in [2.24, 2.45) is 11.3 Å². The highest BCUT2D eigenvalue weighted by Gasteiger charge is 2.49. The van der Waals surface area contributed by atoms with Gasteiger partial charge >= 0.3 is 0 Å². The number of nitrogens with zero attached hydrogens (tertiary/aromatic N) is 1. The lowest BCUT2D eigenvalue weighted by Crippen LogP contribution is -2.67. The topological polar surface area (TPSA) is 58.6 Å². The third-order valence-corrected chi connectivity index (χ3v) is 4.32. The highest BCUT2D eigenvalue weighted by molar-refractivity contribution is 5.97. The van der Waals surface area contributed by atoms with Gasteiger partial charge in [-0.2, -0.15) is 0 Å². The van der Waals surface area contributed by atoms with E-state index in [9.17, 15) is 9.59 Å². The van der Waals surface area contributed by atoms with Crippen LogP contribution in [0.15, 0.2) is 0 Å². The molecule has 2 amide bonds. The van der Waals surface area contributed by atoms with Crippen LogP contribution in [0, 0.1) is 11.3 Å². The Kier molecular flexibility index (Phi) is 4.91. The number of hydrogen-bond acceptors (Lipinski definition) is 3. The molecule has 2 aliphatic rings. The molecule has 2 rings (SSSR count). The van der Waals surface area contributed by atoms with Gasteiger partial charge in [-0.3, -0.25) is 9.59 Å². The van der Waals surface area contributed by atoms with Gasteiger partial charge in [0.05, 0.1) is 0 Å². The standard InChI is InChI=1S/C16H28N2O3/c1-16(2,3)13-14(19)17-12(11-7-8-11)15(20)18(13)9-5-6-10-21-4/h11-13H,5-10H2,1-4H3,(H,17,19). The fourth-order valence-corrected chi connectivity index (χ4v) is 3.12. The second kappa shape index (κ2) is 6.34. The Morgan fingerprint density at radius 2 is 1.90 bits per heavy atom. The van der Waals surface area contributed by atoms with E-state index >= 15 is 0 Å². The molecule has 2 fully saturated rings. The van der Waals surface area contributed by atoms with Crippen molar-refractivity contribution in [3.05, 3.63) is 0 Å². The zero-order valence-corrected chi connectivity index (χ0v) is 13.6. The molecule has 0 bridgehead atoms. The van der Waals surface area contributed by atoms with Crippen molar-refractivity contribution >= 4 is 11.8 Å². The highest BCUT2D eigenvalue weighted by atomic mass is 16.5. The van der Waals surface area contributed by atoms with Crippen LogP contribution in [0.2, 0.25) is 0 Å². The number of hydrogen-bond donors (Lipinski definition) is 1. The maximum Gasteiger partial charge on any atom is 0.246 e. The fraction of sp³-hybridized carbons (Fsp3) is 0.875. The van der Waals surface area contributed by atoms with Crippen LogP contribution >= 0.6 is 0 Å². The van der Waals surface area contributed by atoms with Crippen LogP contribution in [0.3, 0.4) is 0 Å². The van der Waals surface area contributed by atoms with Crippen LogP contribution in [0.4, 0.5) is 0 Å². The van der Waals surface area contributed by atoms with Crippen LogP contribution < -0.4 is 5.32 Å².